The Morgan fingerprint density at radius 1 is 1.53 bits per heavy atom. The van der Waals surface area contributed by atoms with Crippen molar-refractivity contribution in [1.82, 2.24) is 9.88 Å². The van der Waals surface area contributed by atoms with Crippen LogP contribution in [0.15, 0.2) is 24.4 Å². The smallest absolute Gasteiger partial charge is 0.332 e. The molecule has 1 aliphatic heterocycles. The molecule has 1 aromatic rings. The minimum atomic E-state index is -0.848. The fourth-order valence-corrected chi connectivity index (χ4v) is 2.31. The highest BCUT2D eigenvalue weighted by molar-refractivity contribution is 5.72. The number of likely N-dealkylation sites (N-methyl/N-ethyl adjacent to an activating group) is 1. The average Bonchev–Trinajstić information content (AvgIpc) is 2.86. The van der Waals surface area contributed by atoms with Gasteiger partial charge in [0.25, 0.3) is 0 Å². The molecule has 19 heavy (non-hydrogen) atoms. The third-order valence-corrected chi connectivity index (χ3v) is 3.37. The Morgan fingerprint density at radius 3 is 3.00 bits per heavy atom. The molecule has 1 saturated heterocycles. The SMILES string of the molecule is CN(CCc1ccccn1)CC1CCC(C(=O)O)O1. The molecule has 5 nitrogen and oxygen atoms in total. The first kappa shape index (κ1) is 14.0. The predicted molar refractivity (Wildman–Crippen MR) is 71.0 cm³/mol. The molecule has 2 rings (SSSR count). The Labute approximate surface area is 113 Å². The van der Waals surface area contributed by atoms with E-state index < -0.39 is 12.1 Å². The molecule has 0 aromatic carbocycles. The van der Waals surface area contributed by atoms with Crippen LogP contribution in [0.5, 0.6) is 0 Å². The van der Waals surface area contributed by atoms with Crippen LogP contribution in [0.3, 0.4) is 0 Å². The molecule has 0 aliphatic carbocycles. The van der Waals surface area contributed by atoms with Crippen LogP contribution in [0.25, 0.3) is 0 Å². The van der Waals surface area contributed by atoms with Gasteiger partial charge in [0.15, 0.2) is 6.10 Å². The molecule has 2 heterocycles. The summed E-state index contributed by atoms with van der Waals surface area (Å²) in [6.07, 6.45) is 3.56. The van der Waals surface area contributed by atoms with E-state index in [1.165, 1.54) is 0 Å². The van der Waals surface area contributed by atoms with E-state index >= 15 is 0 Å². The van der Waals surface area contributed by atoms with Gasteiger partial charge in [0.05, 0.1) is 6.10 Å². The van der Waals surface area contributed by atoms with E-state index in [2.05, 4.69) is 9.88 Å². The van der Waals surface area contributed by atoms with Crippen LogP contribution < -0.4 is 0 Å². The molecule has 5 heteroatoms. The fraction of sp³-hybridized carbons (Fsp3) is 0.571. The third kappa shape index (κ3) is 4.29. The monoisotopic (exact) mass is 264 g/mol. The summed E-state index contributed by atoms with van der Waals surface area (Å²) in [6, 6.07) is 5.91. The molecule has 1 aliphatic rings. The number of carbonyl (C=O) groups is 1. The van der Waals surface area contributed by atoms with Gasteiger partial charge in [-0.1, -0.05) is 6.07 Å². The van der Waals surface area contributed by atoms with Gasteiger partial charge >= 0.3 is 5.97 Å². The van der Waals surface area contributed by atoms with Gasteiger partial charge in [-0.3, -0.25) is 4.98 Å². The van der Waals surface area contributed by atoms with Gasteiger partial charge in [-0.15, -0.1) is 0 Å². The number of ether oxygens (including phenoxy) is 1. The maximum Gasteiger partial charge on any atom is 0.332 e. The maximum absolute atomic E-state index is 10.8. The first-order valence-corrected chi connectivity index (χ1v) is 6.62. The molecule has 2 unspecified atom stereocenters. The van der Waals surface area contributed by atoms with Crippen molar-refractivity contribution in [1.29, 1.82) is 0 Å². The largest absolute Gasteiger partial charge is 0.479 e. The number of aliphatic carboxylic acids is 1. The second kappa shape index (κ2) is 6.63. The van der Waals surface area contributed by atoms with Crippen molar-refractivity contribution in [3.63, 3.8) is 0 Å². The minimum Gasteiger partial charge on any atom is -0.479 e. The number of carboxylic acids is 1. The van der Waals surface area contributed by atoms with Gasteiger partial charge < -0.3 is 14.7 Å². The lowest BCUT2D eigenvalue weighted by molar-refractivity contribution is -0.149. The van der Waals surface area contributed by atoms with E-state index in [0.717, 1.165) is 31.6 Å². The summed E-state index contributed by atoms with van der Waals surface area (Å²) in [5, 5.41) is 8.87. The lowest BCUT2D eigenvalue weighted by Crippen LogP contribution is -2.32. The van der Waals surface area contributed by atoms with Gasteiger partial charge in [0, 0.05) is 31.4 Å². The van der Waals surface area contributed by atoms with Crippen molar-refractivity contribution >= 4 is 5.97 Å². The van der Waals surface area contributed by atoms with Crippen LogP contribution in [-0.2, 0) is 16.0 Å². The van der Waals surface area contributed by atoms with Gasteiger partial charge in [-0.25, -0.2) is 4.79 Å². The molecular weight excluding hydrogens is 244 g/mol. The fourth-order valence-electron chi connectivity index (χ4n) is 2.31. The highest BCUT2D eigenvalue weighted by atomic mass is 16.5. The van der Waals surface area contributed by atoms with Gasteiger partial charge in [-0.2, -0.15) is 0 Å². The highest BCUT2D eigenvalue weighted by Crippen LogP contribution is 2.20. The Kier molecular flexibility index (Phi) is 4.87. The van der Waals surface area contributed by atoms with E-state index in [9.17, 15) is 4.79 Å². The second-order valence-corrected chi connectivity index (χ2v) is 5.00. The zero-order valence-electron chi connectivity index (χ0n) is 11.2. The van der Waals surface area contributed by atoms with Gasteiger partial charge in [0.2, 0.25) is 0 Å². The predicted octanol–water partition coefficient (Wildman–Crippen LogP) is 1.19. The zero-order valence-corrected chi connectivity index (χ0v) is 11.2. The molecule has 0 bridgehead atoms. The van der Waals surface area contributed by atoms with Crippen molar-refractivity contribution in [2.45, 2.75) is 31.5 Å². The van der Waals surface area contributed by atoms with Crippen LogP contribution in [-0.4, -0.2) is 53.3 Å². The van der Waals surface area contributed by atoms with Crippen LogP contribution in [0.4, 0.5) is 0 Å². The number of carboxylic acid groups (broad SMARTS) is 1. The summed E-state index contributed by atoms with van der Waals surface area (Å²) < 4.78 is 5.49. The van der Waals surface area contributed by atoms with Crippen molar-refractivity contribution < 1.29 is 14.6 Å². The lowest BCUT2D eigenvalue weighted by Gasteiger charge is -2.20. The Morgan fingerprint density at radius 2 is 2.37 bits per heavy atom. The van der Waals surface area contributed by atoms with Crippen molar-refractivity contribution in [3.05, 3.63) is 30.1 Å². The zero-order chi connectivity index (χ0) is 13.7. The molecule has 0 spiro atoms. The highest BCUT2D eigenvalue weighted by Gasteiger charge is 2.30. The average molecular weight is 264 g/mol. The molecule has 1 N–H and O–H groups in total. The first-order valence-electron chi connectivity index (χ1n) is 6.62. The van der Waals surface area contributed by atoms with Crippen molar-refractivity contribution in [2.24, 2.45) is 0 Å². The maximum atomic E-state index is 10.8. The Balaban J connectivity index is 1.70. The van der Waals surface area contributed by atoms with Crippen molar-refractivity contribution in [3.8, 4) is 0 Å². The topological polar surface area (TPSA) is 62.7 Å². The number of hydrogen-bond donors (Lipinski definition) is 1. The first-order chi connectivity index (χ1) is 9.15. The van der Waals surface area contributed by atoms with Crippen molar-refractivity contribution in [2.75, 3.05) is 20.1 Å². The van der Waals surface area contributed by atoms with Gasteiger partial charge in [0.1, 0.15) is 0 Å². The van der Waals surface area contributed by atoms with Gasteiger partial charge in [-0.05, 0) is 32.0 Å². The quantitative estimate of drug-likeness (QED) is 0.836. The lowest BCUT2D eigenvalue weighted by atomic mass is 10.2. The summed E-state index contributed by atoms with van der Waals surface area (Å²) in [6.45, 7) is 1.67. The summed E-state index contributed by atoms with van der Waals surface area (Å²) >= 11 is 0. The standard InChI is InChI=1S/C14H20N2O3/c1-16(9-7-11-4-2-3-8-15-11)10-12-5-6-13(19-12)14(17)18/h2-4,8,12-13H,5-7,9-10H2,1H3,(H,17,18). The van der Waals surface area contributed by atoms with E-state index in [4.69, 9.17) is 9.84 Å². The summed E-state index contributed by atoms with van der Waals surface area (Å²) in [7, 11) is 2.03. The molecular formula is C14H20N2O3. The number of pyridine rings is 1. The molecule has 104 valence electrons. The van der Waals surface area contributed by atoms with Crippen LogP contribution in [0, 0.1) is 0 Å². The summed E-state index contributed by atoms with van der Waals surface area (Å²) in [4.78, 5) is 17.2. The second-order valence-electron chi connectivity index (χ2n) is 5.00. The third-order valence-electron chi connectivity index (χ3n) is 3.37. The molecule has 0 saturated carbocycles. The van der Waals surface area contributed by atoms with E-state index in [0.29, 0.717) is 6.42 Å². The molecule has 1 aromatic heterocycles. The number of aromatic nitrogens is 1. The summed E-state index contributed by atoms with van der Waals surface area (Å²) in [5.74, 6) is -0.848. The van der Waals surface area contributed by atoms with E-state index in [1.54, 1.807) is 6.20 Å². The Bertz CT molecular complexity index is 410. The van der Waals surface area contributed by atoms with Crippen LogP contribution in [0.1, 0.15) is 18.5 Å². The molecule has 0 radical (unpaired) electrons. The normalized spacial score (nSPS) is 22.8. The van der Waals surface area contributed by atoms with Crippen LogP contribution >= 0.6 is 0 Å². The molecule has 2 atom stereocenters. The van der Waals surface area contributed by atoms with E-state index in [-0.39, 0.29) is 6.10 Å². The molecule has 1 fully saturated rings. The number of hydrogen-bond acceptors (Lipinski definition) is 4. The van der Waals surface area contributed by atoms with E-state index in [1.807, 2.05) is 25.2 Å². The Hall–Kier alpha value is -1.46. The molecule has 0 amide bonds. The number of rotatable bonds is 6. The summed E-state index contributed by atoms with van der Waals surface area (Å²) in [5.41, 5.74) is 1.07. The minimum absolute atomic E-state index is 0.0369. The number of nitrogens with zero attached hydrogens (tertiary/aromatic N) is 2. The van der Waals surface area contributed by atoms with Crippen LogP contribution in [0.2, 0.25) is 0 Å².